The van der Waals surface area contributed by atoms with Crippen molar-refractivity contribution in [1.29, 1.82) is 0 Å². The first-order valence-electron chi connectivity index (χ1n) is 12.4. The summed E-state index contributed by atoms with van der Waals surface area (Å²) in [6.07, 6.45) is 4.74. The zero-order valence-electron chi connectivity index (χ0n) is 19.5. The number of para-hydroxylation sites is 2. The summed E-state index contributed by atoms with van der Waals surface area (Å²) in [4.78, 5) is 40.2. The molecule has 182 valence electrons. The van der Waals surface area contributed by atoms with Gasteiger partial charge in [-0.05, 0) is 55.4 Å². The number of nitrogens with zero attached hydrogens (tertiary/aromatic N) is 3. The number of aromatic amines is 1. The minimum atomic E-state index is -0.803. The fourth-order valence-electron chi connectivity index (χ4n) is 5.40. The molecular weight excluding hydrogens is 446 g/mol. The Morgan fingerprint density at radius 2 is 1.86 bits per heavy atom. The average molecular weight is 476 g/mol. The Labute approximate surface area is 203 Å². The summed E-state index contributed by atoms with van der Waals surface area (Å²) in [5.74, 6) is 1.98. The van der Waals surface area contributed by atoms with Crippen LogP contribution in [-0.2, 0) is 14.3 Å². The number of imidazole rings is 1. The standard InChI is InChI=1S/C26H29N5O4/c32-22(15-21-26(33)28-19-3-1-2-4-20(19)35-21)31-11-6-16(7-12-31)18-5-10-27-25-23(18)29-24(30-25)17-8-13-34-14-9-17/h1-5,10,16-17,21H,6-9,11-15H2,(H,28,33)(H,27,29,30). The third-order valence-corrected chi connectivity index (χ3v) is 7.40. The number of piperidine rings is 1. The van der Waals surface area contributed by atoms with Crippen LogP contribution in [0.5, 0.6) is 5.75 Å². The molecule has 0 saturated carbocycles. The van der Waals surface area contributed by atoms with Crippen molar-refractivity contribution >= 4 is 28.7 Å². The lowest BCUT2D eigenvalue weighted by Gasteiger charge is -2.33. The van der Waals surface area contributed by atoms with Crippen LogP contribution in [0.2, 0.25) is 0 Å². The van der Waals surface area contributed by atoms with E-state index in [0.29, 0.717) is 36.4 Å². The van der Waals surface area contributed by atoms with E-state index in [-0.39, 0.29) is 18.2 Å². The van der Waals surface area contributed by atoms with Gasteiger partial charge in [0.25, 0.3) is 5.91 Å². The fourth-order valence-corrected chi connectivity index (χ4v) is 5.40. The van der Waals surface area contributed by atoms with E-state index in [2.05, 4.69) is 21.4 Å². The van der Waals surface area contributed by atoms with Gasteiger partial charge in [0.2, 0.25) is 5.91 Å². The SMILES string of the molecule is O=C1Nc2ccccc2OC1CC(=O)N1CCC(c2ccnc3[nH]c(C4CCOCC4)nc23)CC1. The topological polar surface area (TPSA) is 109 Å². The summed E-state index contributed by atoms with van der Waals surface area (Å²) in [7, 11) is 0. The van der Waals surface area contributed by atoms with Gasteiger partial charge in [0, 0.05) is 38.4 Å². The molecule has 3 aliphatic rings. The second-order valence-corrected chi connectivity index (χ2v) is 9.56. The molecule has 2 N–H and O–H groups in total. The van der Waals surface area contributed by atoms with Gasteiger partial charge in [-0.15, -0.1) is 0 Å². The van der Waals surface area contributed by atoms with Crippen molar-refractivity contribution in [3.8, 4) is 5.75 Å². The Morgan fingerprint density at radius 1 is 1.06 bits per heavy atom. The molecule has 0 bridgehead atoms. The Morgan fingerprint density at radius 3 is 2.69 bits per heavy atom. The molecule has 1 aromatic carbocycles. The molecular formula is C26H29N5O4. The number of hydrogen-bond acceptors (Lipinski definition) is 6. The van der Waals surface area contributed by atoms with Gasteiger partial charge in [-0.2, -0.15) is 0 Å². The van der Waals surface area contributed by atoms with Gasteiger partial charge in [0.05, 0.1) is 12.1 Å². The lowest BCUT2D eigenvalue weighted by Crippen LogP contribution is -2.44. The quantitative estimate of drug-likeness (QED) is 0.599. The molecule has 1 atom stereocenters. The second-order valence-electron chi connectivity index (χ2n) is 9.56. The molecule has 5 heterocycles. The Balaban J connectivity index is 1.10. The van der Waals surface area contributed by atoms with Crippen LogP contribution in [0.3, 0.4) is 0 Å². The molecule has 2 fully saturated rings. The van der Waals surface area contributed by atoms with Crippen molar-refractivity contribution in [2.24, 2.45) is 0 Å². The third-order valence-electron chi connectivity index (χ3n) is 7.40. The number of rotatable bonds is 4. The number of aromatic nitrogens is 3. The third kappa shape index (κ3) is 4.36. The molecule has 9 heteroatoms. The molecule has 2 saturated heterocycles. The lowest BCUT2D eigenvalue weighted by molar-refractivity contribution is -0.137. The van der Waals surface area contributed by atoms with Gasteiger partial charge < -0.3 is 24.7 Å². The maximum atomic E-state index is 13.0. The van der Waals surface area contributed by atoms with E-state index < -0.39 is 6.10 Å². The van der Waals surface area contributed by atoms with Gasteiger partial charge >= 0.3 is 0 Å². The Bertz CT molecular complexity index is 1240. The van der Waals surface area contributed by atoms with Crippen LogP contribution >= 0.6 is 0 Å². The van der Waals surface area contributed by atoms with Crippen LogP contribution < -0.4 is 10.1 Å². The number of ether oxygens (including phenoxy) is 2. The van der Waals surface area contributed by atoms with Gasteiger partial charge in [0.15, 0.2) is 11.8 Å². The van der Waals surface area contributed by atoms with Crippen molar-refractivity contribution in [3.05, 3.63) is 47.9 Å². The first-order valence-corrected chi connectivity index (χ1v) is 12.4. The molecule has 6 rings (SSSR count). The maximum absolute atomic E-state index is 13.0. The zero-order valence-corrected chi connectivity index (χ0v) is 19.5. The van der Waals surface area contributed by atoms with Crippen molar-refractivity contribution in [2.75, 3.05) is 31.6 Å². The predicted octanol–water partition coefficient (Wildman–Crippen LogP) is 3.35. The first kappa shape index (κ1) is 22.0. The number of carbonyl (C=O) groups excluding carboxylic acids is 2. The van der Waals surface area contributed by atoms with Crippen molar-refractivity contribution < 1.29 is 19.1 Å². The molecule has 9 nitrogen and oxygen atoms in total. The number of likely N-dealkylation sites (tertiary alicyclic amines) is 1. The van der Waals surface area contributed by atoms with Crippen LogP contribution in [0.4, 0.5) is 5.69 Å². The van der Waals surface area contributed by atoms with E-state index >= 15 is 0 Å². The van der Waals surface area contributed by atoms with Crippen LogP contribution in [0.15, 0.2) is 36.5 Å². The zero-order chi connectivity index (χ0) is 23.8. The highest BCUT2D eigenvalue weighted by Gasteiger charge is 2.33. The smallest absolute Gasteiger partial charge is 0.266 e. The molecule has 3 aromatic rings. The Kier molecular flexibility index (Phi) is 5.85. The fraction of sp³-hybridized carbons (Fsp3) is 0.462. The van der Waals surface area contributed by atoms with E-state index in [4.69, 9.17) is 14.5 Å². The predicted molar refractivity (Wildman–Crippen MR) is 129 cm³/mol. The molecule has 2 aromatic heterocycles. The highest BCUT2D eigenvalue weighted by Crippen LogP contribution is 2.34. The highest BCUT2D eigenvalue weighted by atomic mass is 16.5. The van der Waals surface area contributed by atoms with E-state index in [9.17, 15) is 9.59 Å². The summed E-state index contributed by atoms with van der Waals surface area (Å²) in [6.45, 7) is 2.84. The monoisotopic (exact) mass is 475 g/mol. The lowest BCUT2D eigenvalue weighted by atomic mass is 9.89. The van der Waals surface area contributed by atoms with Crippen molar-refractivity contribution in [2.45, 2.75) is 50.0 Å². The van der Waals surface area contributed by atoms with Gasteiger partial charge in [-0.3, -0.25) is 9.59 Å². The molecule has 2 amide bonds. The minimum Gasteiger partial charge on any atom is -0.478 e. The Hall–Kier alpha value is -3.46. The van der Waals surface area contributed by atoms with E-state index in [1.54, 1.807) is 12.1 Å². The highest BCUT2D eigenvalue weighted by molar-refractivity contribution is 6.00. The van der Waals surface area contributed by atoms with E-state index in [1.165, 1.54) is 5.56 Å². The van der Waals surface area contributed by atoms with E-state index in [1.807, 2.05) is 23.2 Å². The van der Waals surface area contributed by atoms with Crippen molar-refractivity contribution in [3.63, 3.8) is 0 Å². The first-order chi connectivity index (χ1) is 17.2. The average Bonchev–Trinajstić information content (AvgIpc) is 3.34. The summed E-state index contributed by atoms with van der Waals surface area (Å²) >= 11 is 0. The normalized spacial score (nSPS) is 21.4. The minimum absolute atomic E-state index is 0.0398. The summed E-state index contributed by atoms with van der Waals surface area (Å²) in [5.41, 5.74) is 3.63. The van der Waals surface area contributed by atoms with Crippen LogP contribution in [-0.4, -0.2) is 64.1 Å². The number of amides is 2. The molecule has 3 aliphatic heterocycles. The van der Waals surface area contributed by atoms with Crippen LogP contribution in [0, 0.1) is 0 Å². The number of H-pyrrole nitrogens is 1. The number of benzene rings is 1. The van der Waals surface area contributed by atoms with Crippen molar-refractivity contribution in [1.82, 2.24) is 19.9 Å². The summed E-state index contributed by atoms with van der Waals surface area (Å²) < 4.78 is 11.3. The number of fused-ring (bicyclic) bond motifs is 2. The largest absolute Gasteiger partial charge is 0.478 e. The molecule has 0 radical (unpaired) electrons. The second kappa shape index (κ2) is 9.30. The molecule has 0 aliphatic carbocycles. The number of carbonyl (C=O) groups is 2. The van der Waals surface area contributed by atoms with Gasteiger partial charge in [-0.1, -0.05) is 12.1 Å². The van der Waals surface area contributed by atoms with E-state index in [0.717, 1.165) is 55.9 Å². The number of nitrogens with one attached hydrogen (secondary N) is 2. The summed E-state index contributed by atoms with van der Waals surface area (Å²) in [6, 6.07) is 9.34. The number of anilines is 1. The van der Waals surface area contributed by atoms with Gasteiger partial charge in [0.1, 0.15) is 17.1 Å². The maximum Gasteiger partial charge on any atom is 0.266 e. The number of pyridine rings is 1. The van der Waals surface area contributed by atoms with Gasteiger partial charge in [-0.25, -0.2) is 9.97 Å². The van der Waals surface area contributed by atoms with Crippen LogP contribution in [0.25, 0.3) is 11.2 Å². The molecule has 35 heavy (non-hydrogen) atoms. The number of hydrogen-bond donors (Lipinski definition) is 2. The summed E-state index contributed by atoms with van der Waals surface area (Å²) in [5, 5.41) is 2.83. The van der Waals surface area contributed by atoms with Crippen LogP contribution in [0.1, 0.15) is 55.3 Å². The molecule has 1 unspecified atom stereocenters. The molecule has 0 spiro atoms.